The predicted octanol–water partition coefficient (Wildman–Crippen LogP) is 2.95. The van der Waals surface area contributed by atoms with Crippen LogP contribution in [0, 0.1) is 12.8 Å². The maximum Gasteiger partial charge on any atom is 0.329 e. The zero-order valence-corrected chi connectivity index (χ0v) is 17.8. The number of carbonyl (C=O) groups is 3. The number of anilines is 1. The van der Waals surface area contributed by atoms with E-state index in [-0.39, 0.29) is 18.2 Å². The first kappa shape index (κ1) is 22.5. The molecule has 1 aromatic carbocycles. The average Bonchev–Trinajstić information content (AvgIpc) is 3.10. The van der Waals surface area contributed by atoms with Crippen LogP contribution in [-0.2, 0) is 14.3 Å². The molecule has 1 aromatic heterocycles. The molecule has 0 spiro atoms. The highest BCUT2D eigenvalue weighted by Crippen LogP contribution is 2.16. The van der Waals surface area contributed by atoms with Gasteiger partial charge in [-0.3, -0.25) is 14.9 Å². The molecule has 8 nitrogen and oxygen atoms in total. The summed E-state index contributed by atoms with van der Waals surface area (Å²) in [5.41, 5.74) is 0.450. The molecule has 2 amide bonds. The van der Waals surface area contributed by atoms with Crippen LogP contribution in [0.4, 0.5) is 5.13 Å². The van der Waals surface area contributed by atoms with E-state index in [0.717, 1.165) is 0 Å². The molecule has 0 aliphatic rings. The molecule has 0 saturated carbocycles. The van der Waals surface area contributed by atoms with E-state index < -0.39 is 24.0 Å². The number of aryl methyl sites for hydroxylation is 1. The second-order valence-corrected chi connectivity index (χ2v) is 8.15. The maximum absolute atomic E-state index is 12.7. The predicted molar refractivity (Wildman–Crippen MR) is 111 cm³/mol. The van der Waals surface area contributed by atoms with E-state index >= 15 is 0 Å². The van der Waals surface area contributed by atoms with Crippen LogP contribution in [0.5, 0.6) is 0 Å². The van der Waals surface area contributed by atoms with E-state index in [0.29, 0.717) is 22.1 Å². The van der Waals surface area contributed by atoms with E-state index in [1.807, 2.05) is 13.8 Å². The van der Waals surface area contributed by atoms with Crippen molar-refractivity contribution in [3.8, 4) is 0 Å². The van der Waals surface area contributed by atoms with E-state index in [1.165, 1.54) is 11.3 Å². The number of nitrogens with zero attached hydrogens (tertiary/aromatic N) is 2. The van der Waals surface area contributed by atoms with Gasteiger partial charge in [0.25, 0.3) is 11.8 Å². The number of ether oxygens (including phenoxy) is 1. The number of benzene rings is 1. The Bertz CT molecular complexity index is 838. The highest BCUT2D eigenvalue weighted by atomic mass is 32.1. The molecular formula is C20H26N4O4S. The van der Waals surface area contributed by atoms with Crippen LogP contribution in [0.2, 0.25) is 0 Å². The number of aromatic nitrogens is 2. The van der Waals surface area contributed by atoms with Gasteiger partial charge in [0.15, 0.2) is 6.10 Å². The van der Waals surface area contributed by atoms with Crippen molar-refractivity contribution in [2.45, 2.75) is 52.7 Å². The molecule has 2 rings (SSSR count). The minimum absolute atomic E-state index is 0.141. The van der Waals surface area contributed by atoms with Crippen molar-refractivity contribution in [3.05, 3.63) is 40.9 Å². The molecule has 0 aliphatic heterocycles. The van der Waals surface area contributed by atoms with Crippen molar-refractivity contribution in [3.63, 3.8) is 0 Å². The lowest BCUT2D eigenvalue weighted by atomic mass is 10.0. The fourth-order valence-electron chi connectivity index (χ4n) is 2.59. The van der Waals surface area contributed by atoms with Crippen LogP contribution in [0.25, 0.3) is 0 Å². The highest BCUT2D eigenvalue weighted by Gasteiger charge is 2.29. The maximum atomic E-state index is 12.7. The van der Waals surface area contributed by atoms with E-state index in [4.69, 9.17) is 4.74 Å². The van der Waals surface area contributed by atoms with Crippen LogP contribution < -0.4 is 10.6 Å². The lowest BCUT2D eigenvalue weighted by Gasteiger charge is -2.22. The molecule has 2 atom stereocenters. The van der Waals surface area contributed by atoms with Gasteiger partial charge in [0.1, 0.15) is 11.0 Å². The van der Waals surface area contributed by atoms with Crippen molar-refractivity contribution in [1.29, 1.82) is 0 Å². The minimum Gasteiger partial charge on any atom is -0.451 e. The van der Waals surface area contributed by atoms with E-state index in [2.05, 4.69) is 20.8 Å². The number of esters is 1. The molecule has 156 valence electrons. The molecule has 2 aromatic rings. The first-order chi connectivity index (χ1) is 13.8. The Morgan fingerprint density at radius 1 is 1.14 bits per heavy atom. The van der Waals surface area contributed by atoms with Gasteiger partial charge in [-0.05, 0) is 37.8 Å². The summed E-state index contributed by atoms with van der Waals surface area (Å²) in [5.74, 6) is -1.34. The second-order valence-electron chi connectivity index (χ2n) is 6.97. The van der Waals surface area contributed by atoms with Gasteiger partial charge in [0.05, 0.1) is 0 Å². The topological polar surface area (TPSA) is 110 Å². The molecule has 0 fully saturated rings. The molecular weight excluding hydrogens is 392 g/mol. The summed E-state index contributed by atoms with van der Waals surface area (Å²) in [6.07, 6.45) is -0.309. The first-order valence-corrected chi connectivity index (χ1v) is 10.3. The normalized spacial score (nSPS) is 12.9. The SMILES string of the molecule is CC[C@@H](OC(=O)[C@H](CC(C)C)NC(=O)c1ccccc1)C(=O)Nc1nnc(C)s1. The summed E-state index contributed by atoms with van der Waals surface area (Å²) >= 11 is 1.23. The molecule has 0 radical (unpaired) electrons. The molecule has 2 N–H and O–H groups in total. The Morgan fingerprint density at radius 2 is 1.83 bits per heavy atom. The molecule has 1 heterocycles. The fraction of sp³-hybridized carbons (Fsp3) is 0.450. The standard InChI is InChI=1S/C20H26N4O4S/c1-5-16(18(26)22-20-24-23-13(4)29-20)28-19(27)15(11-12(2)3)21-17(25)14-9-7-6-8-10-14/h6-10,12,15-16H,5,11H2,1-4H3,(H,21,25)(H,22,24,26)/t15-,16+/m0/s1. The smallest absolute Gasteiger partial charge is 0.329 e. The number of hydrogen-bond donors (Lipinski definition) is 2. The zero-order chi connectivity index (χ0) is 21.4. The van der Waals surface area contributed by atoms with Gasteiger partial charge < -0.3 is 10.1 Å². The first-order valence-electron chi connectivity index (χ1n) is 9.47. The third-order valence-electron chi connectivity index (χ3n) is 4.01. The second kappa shape index (κ2) is 10.7. The lowest BCUT2D eigenvalue weighted by Crippen LogP contribution is -2.45. The van der Waals surface area contributed by atoms with Crippen LogP contribution in [0.3, 0.4) is 0 Å². The van der Waals surface area contributed by atoms with Crippen LogP contribution >= 0.6 is 11.3 Å². The summed E-state index contributed by atoms with van der Waals surface area (Å²) in [7, 11) is 0. The number of carbonyl (C=O) groups excluding carboxylic acids is 3. The van der Waals surface area contributed by atoms with Gasteiger partial charge in [-0.1, -0.05) is 50.3 Å². The Kier molecular flexibility index (Phi) is 8.26. The summed E-state index contributed by atoms with van der Waals surface area (Å²) in [5, 5.41) is 14.1. The van der Waals surface area contributed by atoms with Crippen molar-refractivity contribution in [2.75, 3.05) is 5.32 Å². The van der Waals surface area contributed by atoms with E-state index in [1.54, 1.807) is 44.2 Å². The van der Waals surface area contributed by atoms with Crippen molar-refractivity contribution in [1.82, 2.24) is 15.5 Å². The van der Waals surface area contributed by atoms with Crippen molar-refractivity contribution < 1.29 is 19.1 Å². The molecule has 0 bridgehead atoms. The van der Waals surface area contributed by atoms with Gasteiger partial charge in [-0.15, -0.1) is 10.2 Å². The minimum atomic E-state index is -0.991. The molecule has 9 heteroatoms. The van der Waals surface area contributed by atoms with Gasteiger partial charge in [0, 0.05) is 5.56 Å². The zero-order valence-electron chi connectivity index (χ0n) is 17.0. The molecule has 0 unspecified atom stereocenters. The Hall–Kier alpha value is -2.81. The van der Waals surface area contributed by atoms with Gasteiger partial charge in [-0.25, -0.2) is 4.79 Å². The van der Waals surface area contributed by atoms with Gasteiger partial charge >= 0.3 is 5.97 Å². The Labute approximate surface area is 174 Å². The summed E-state index contributed by atoms with van der Waals surface area (Å²) in [6.45, 7) is 7.40. The van der Waals surface area contributed by atoms with Crippen LogP contribution in [-0.4, -0.2) is 40.1 Å². The summed E-state index contributed by atoms with van der Waals surface area (Å²) in [4.78, 5) is 37.6. The third kappa shape index (κ3) is 6.94. The number of rotatable bonds is 9. The van der Waals surface area contributed by atoms with Gasteiger partial charge in [-0.2, -0.15) is 0 Å². The lowest BCUT2D eigenvalue weighted by molar-refractivity contribution is -0.156. The third-order valence-corrected chi connectivity index (χ3v) is 4.76. The van der Waals surface area contributed by atoms with Crippen molar-refractivity contribution in [2.24, 2.45) is 5.92 Å². The number of amides is 2. The number of hydrogen-bond acceptors (Lipinski definition) is 7. The summed E-state index contributed by atoms with van der Waals surface area (Å²) in [6, 6.07) is 7.78. The fourth-order valence-corrected chi connectivity index (χ4v) is 3.19. The Balaban J connectivity index is 2.04. The average molecular weight is 419 g/mol. The monoisotopic (exact) mass is 418 g/mol. The van der Waals surface area contributed by atoms with Gasteiger partial charge in [0.2, 0.25) is 5.13 Å². The number of nitrogens with one attached hydrogen (secondary N) is 2. The quantitative estimate of drug-likeness (QED) is 0.606. The highest BCUT2D eigenvalue weighted by molar-refractivity contribution is 7.15. The van der Waals surface area contributed by atoms with Crippen LogP contribution in [0.1, 0.15) is 49.0 Å². The van der Waals surface area contributed by atoms with Crippen molar-refractivity contribution >= 4 is 34.3 Å². The Morgan fingerprint density at radius 3 is 2.38 bits per heavy atom. The molecule has 29 heavy (non-hydrogen) atoms. The largest absolute Gasteiger partial charge is 0.451 e. The molecule has 0 saturated heterocycles. The molecule has 0 aliphatic carbocycles. The van der Waals surface area contributed by atoms with Crippen LogP contribution in [0.15, 0.2) is 30.3 Å². The van der Waals surface area contributed by atoms with E-state index in [9.17, 15) is 14.4 Å². The summed E-state index contributed by atoms with van der Waals surface area (Å²) < 4.78 is 5.43.